The van der Waals surface area contributed by atoms with Gasteiger partial charge in [0.2, 0.25) is 5.95 Å². The number of hydrogen-bond acceptors (Lipinski definition) is 4. The summed E-state index contributed by atoms with van der Waals surface area (Å²) in [5.74, 6) is 0.745. The molecule has 1 unspecified atom stereocenters. The minimum Gasteiger partial charge on any atom is -0.337 e. The quantitative estimate of drug-likeness (QED) is 0.830. The fourth-order valence-electron chi connectivity index (χ4n) is 1.96. The van der Waals surface area contributed by atoms with Crippen molar-refractivity contribution in [3.63, 3.8) is 0 Å². The van der Waals surface area contributed by atoms with Crippen molar-refractivity contribution in [2.45, 2.75) is 25.3 Å². The van der Waals surface area contributed by atoms with E-state index >= 15 is 0 Å². The molecule has 0 aromatic carbocycles. The van der Waals surface area contributed by atoms with E-state index in [0.29, 0.717) is 17.6 Å². The lowest BCUT2D eigenvalue weighted by molar-refractivity contribution is 0.458. The summed E-state index contributed by atoms with van der Waals surface area (Å²) >= 11 is 5.75. The summed E-state index contributed by atoms with van der Waals surface area (Å²) in [6.45, 7) is 1.65. The van der Waals surface area contributed by atoms with Crippen molar-refractivity contribution in [3.05, 3.63) is 17.4 Å². The second kappa shape index (κ2) is 4.77. The fraction of sp³-hybridized carbons (Fsp3) is 0.600. The van der Waals surface area contributed by atoms with Crippen molar-refractivity contribution < 1.29 is 0 Å². The predicted molar refractivity (Wildman–Crippen MR) is 61.1 cm³/mol. The third-order valence-corrected chi connectivity index (χ3v) is 2.96. The van der Waals surface area contributed by atoms with Crippen LogP contribution in [-0.2, 0) is 0 Å². The highest BCUT2D eigenvalue weighted by Crippen LogP contribution is 2.21. The smallest absolute Gasteiger partial charge is 0.225 e. The first-order valence-corrected chi connectivity index (χ1v) is 5.63. The van der Waals surface area contributed by atoms with Crippen LogP contribution in [0.5, 0.6) is 0 Å². The Morgan fingerprint density at radius 1 is 1.40 bits per heavy atom. The zero-order chi connectivity index (χ0) is 10.7. The average molecular weight is 227 g/mol. The summed E-state index contributed by atoms with van der Waals surface area (Å²) in [4.78, 5) is 10.6. The maximum Gasteiger partial charge on any atom is 0.225 e. The molecule has 2 rings (SSSR count). The Balaban J connectivity index is 2.16. The summed E-state index contributed by atoms with van der Waals surface area (Å²) in [5.41, 5.74) is 5.74. The minimum absolute atomic E-state index is 0.375. The molecule has 5 heteroatoms. The van der Waals surface area contributed by atoms with Gasteiger partial charge in [-0.3, -0.25) is 0 Å². The lowest BCUT2D eigenvalue weighted by Crippen LogP contribution is -2.45. The fourth-order valence-corrected chi connectivity index (χ4v) is 2.06. The molecule has 4 nitrogen and oxygen atoms in total. The maximum absolute atomic E-state index is 5.75. The van der Waals surface area contributed by atoms with Crippen molar-refractivity contribution in [2.24, 2.45) is 5.73 Å². The number of halogens is 1. The highest BCUT2D eigenvalue weighted by atomic mass is 35.5. The van der Waals surface area contributed by atoms with E-state index in [1.54, 1.807) is 12.4 Å². The standard InChI is InChI=1S/C10H15ClN4/c11-8-6-13-10(14-7-8)15-4-2-1-3-9(15)5-12/h6-7,9H,1-5,12H2. The maximum atomic E-state index is 5.75. The largest absolute Gasteiger partial charge is 0.337 e. The van der Waals surface area contributed by atoms with E-state index < -0.39 is 0 Å². The molecule has 1 aliphatic heterocycles. The summed E-state index contributed by atoms with van der Waals surface area (Å²) in [6, 6.07) is 0.375. The molecule has 0 radical (unpaired) electrons. The van der Waals surface area contributed by atoms with Crippen LogP contribution in [0.3, 0.4) is 0 Å². The van der Waals surface area contributed by atoms with E-state index in [-0.39, 0.29) is 0 Å². The monoisotopic (exact) mass is 226 g/mol. The molecule has 0 spiro atoms. The molecule has 1 atom stereocenters. The normalized spacial score (nSPS) is 21.7. The van der Waals surface area contributed by atoms with Crippen LogP contribution in [0.25, 0.3) is 0 Å². The Kier molecular flexibility index (Phi) is 3.38. The van der Waals surface area contributed by atoms with E-state index in [1.807, 2.05) is 0 Å². The lowest BCUT2D eigenvalue weighted by atomic mass is 10.0. The summed E-state index contributed by atoms with van der Waals surface area (Å²) in [5, 5.41) is 0.569. The van der Waals surface area contributed by atoms with Crippen LogP contribution in [0.4, 0.5) is 5.95 Å². The van der Waals surface area contributed by atoms with E-state index in [9.17, 15) is 0 Å². The first-order valence-electron chi connectivity index (χ1n) is 5.25. The molecule has 0 amide bonds. The van der Waals surface area contributed by atoms with Gasteiger partial charge in [0.15, 0.2) is 0 Å². The van der Waals surface area contributed by atoms with Crippen LogP contribution in [0.1, 0.15) is 19.3 Å². The predicted octanol–water partition coefficient (Wildman–Crippen LogP) is 1.45. The van der Waals surface area contributed by atoms with Gasteiger partial charge < -0.3 is 10.6 Å². The van der Waals surface area contributed by atoms with Crippen molar-refractivity contribution in [2.75, 3.05) is 18.0 Å². The van der Waals surface area contributed by atoms with Crippen LogP contribution < -0.4 is 10.6 Å². The summed E-state index contributed by atoms with van der Waals surface area (Å²) < 4.78 is 0. The van der Waals surface area contributed by atoms with Crippen LogP contribution in [0.2, 0.25) is 5.02 Å². The van der Waals surface area contributed by atoms with E-state index in [2.05, 4.69) is 14.9 Å². The number of nitrogens with two attached hydrogens (primary N) is 1. The van der Waals surface area contributed by atoms with E-state index in [1.165, 1.54) is 12.8 Å². The molecule has 1 aromatic heterocycles. The molecule has 1 saturated heterocycles. The zero-order valence-electron chi connectivity index (χ0n) is 8.56. The Morgan fingerprint density at radius 2 is 2.13 bits per heavy atom. The number of rotatable bonds is 2. The number of anilines is 1. The van der Waals surface area contributed by atoms with E-state index in [4.69, 9.17) is 17.3 Å². The van der Waals surface area contributed by atoms with Gasteiger partial charge in [-0.25, -0.2) is 9.97 Å². The molecule has 2 N–H and O–H groups in total. The summed E-state index contributed by atoms with van der Waals surface area (Å²) in [6.07, 6.45) is 6.81. The van der Waals surface area contributed by atoms with Crippen molar-refractivity contribution in [1.29, 1.82) is 0 Å². The van der Waals surface area contributed by atoms with Crippen molar-refractivity contribution >= 4 is 17.5 Å². The van der Waals surface area contributed by atoms with Crippen LogP contribution in [0, 0.1) is 0 Å². The molecule has 2 heterocycles. The molecule has 0 bridgehead atoms. The van der Waals surface area contributed by atoms with Crippen molar-refractivity contribution in [3.8, 4) is 0 Å². The van der Waals surface area contributed by atoms with Gasteiger partial charge in [0, 0.05) is 19.1 Å². The molecule has 0 aliphatic carbocycles. The van der Waals surface area contributed by atoms with Gasteiger partial charge in [0.25, 0.3) is 0 Å². The van der Waals surface area contributed by atoms with Gasteiger partial charge in [0.1, 0.15) is 0 Å². The second-order valence-electron chi connectivity index (χ2n) is 3.78. The van der Waals surface area contributed by atoms with Crippen LogP contribution >= 0.6 is 11.6 Å². The zero-order valence-corrected chi connectivity index (χ0v) is 9.32. The highest BCUT2D eigenvalue weighted by Gasteiger charge is 2.22. The number of aromatic nitrogens is 2. The molecule has 15 heavy (non-hydrogen) atoms. The SMILES string of the molecule is NCC1CCCCN1c1ncc(Cl)cn1. The molecular formula is C10H15ClN4. The molecule has 1 aliphatic rings. The lowest BCUT2D eigenvalue weighted by Gasteiger charge is -2.34. The Morgan fingerprint density at radius 3 is 2.80 bits per heavy atom. The minimum atomic E-state index is 0.375. The molecular weight excluding hydrogens is 212 g/mol. The first kappa shape index (κ1) is 10.6. The average Bonchev–Trinajstić information content (AvgIpc) is 2.30. The Labute approximate surface area is 94.5 Å². The van der Waals surface area contributed by atoms with E-state index in [0.717, 1.165) is 18.9 Å². The Bertz CT molecular complexity index is 314. The number of nitrogens with zero attached hydrogens (tertiary/aromatic N) is 3. The van der Waals surface area contributed by atoms with Gasteiger partial charge in [-0.15, -0.1) is 0 Å². The number of hydrogen-bond donors (Lipinski definition) is 1. The summed E-state index contributed by atoms with van der Waals surface area (Å²) in [7, 11) is 0. The molecule has 82 valence electrons. The van der Waals surface area contributed by atoms with Gasteiger partial charge >= 0.3 is 0 Å². The third-order valence-electron chi connectivity index (χ3n) is 2.76. The molecule has 1 aromatic rings. The van der Waals surface area contributed by atoms with Gasteiger partial charge in [0.05, 0.1) is 17.4 Å². The van der Waals surface area contributed by atoms with Crippen molar-refractivity contribution in [1.82, 2.24) is 9.97 Å². The first-order chi connectivity index (χ1) is 7.31. The molecule has 0 saturated carbocycles. The number of piperidine rings is 1. The van der Waals surface area contributed by atoms with Gasteiger partial charge in [-0.2, -0.15) is 0 Å². The molecule has 1 fully saturated rings. The highest BCUT2D eigenvalue weighted by molar-refractivity contribution is 6.30. The van der Waals surface area contributed by atoms with Crippen LogP contribution in [0.15, 0.2) is 12.4 Å². The van der Waals surface area contributed by atoms with Gasteiger partial charge in [-0.05, 0) is 19.3 Å². The van der Waals surface area contributed by atoms with Crippen LogP contribution in [-0.4, -0.2) is 29.1 Å². The topological polar surface area (TPSA) is 55.0 Å². The Hall–Kier alpha value is -0.870. The second-order valence-corrected chi connectivity index (χ2v) is 4.22. The van der Waals surface area contributed by atoms with Gasteiger partial charge in [-0.1, -0.05) is 11.6 Å². The third kappa shape index (κ3) is 2.38.